The van der Waals surface area contributed by atoms with E-state index in [4.69, 9.17) is 6.57 Å². The van der Waals surface area contributed by atoms with Crippen molar-refractivity contribution in [1.29, 1.82) is 0 Å². The van der Waals surface area contributed by atoms with E-state index in [0.717, 1.165) is 33.4 Å². The number of fused-ring (bicyclic) bond motifs is 3. The second kappa shape index (κ2) is 9.49. The first-order valence-electron chi connectivity index (χ1n) is 13.1. The maximum Gasteiger partial charge on any atom is 0.189 e. The van der Waals surface area contributed by atoms with Crippen molar-refractivity contribution >= 4 is 27.5 Å². The molecule has 7 aromatic rings. The van der Waals surface area contributed by atoms with E-state index in [1.807, 2.05) is 18.2 Å². The smallest absolute Gasteiger partial charge is 0.189 e. The molecule has 0 fully saturated rings. The summed E-state index contributed by atoms with van der Waals surface area (Å²) >= 11 is 0. The molecule has 39 heavy (non-hydrogen) atoms. The van der Waals surface area contributed by atoms with E-state index < -0.39 is 0 Å². The first kappa shape index (κ1) is 22.8. The zero-order valence-corrected chi connectivity index (χ0v) is 21.3. The molecule has 0 N–H and O–H groups in total. The number of nitrogens with zero attached hydrogens (tertiary/aromatic N) is 2. The van der Waals surface area contributed by atoms with Crippen LogP contribution in [0.3, 0.4) is 0 Å². The number of para-hydroxylation sites is 2. The van der Waals surface area contributed by atoms with Gasteiger partial charge in [0.15, 0.2) is 5.69 Å². The molecule has 0 amide bonds. The third kappa shape index (κ3) is 4.07. The minimum atomic E-state index is 0.626. The molecule has 182 valence electrons. The number of benzene rings is 6. The number of rotatable bonds is 4. The first-order valence-corrected chi connectivity index (χ1v) is 13.1. The fraction of sp³-hybridized carbons (Fsp3) is 0. The summed E-state index contributed by atoms with van der Waals surface area (Å²) < 4.78 is 2.27. The summed E-state index contributed by atoms with van der Waals surface area (Å²) in [4.78, 5) is 3.85. The average Bonchev–Trinajstić information content (AvgIpc) is 3.36. The maximum absolute atomic E-state index is 7.85. The van der Waals surface area contributed by atoms with Crippen LogP contribution in [0.1, 0.15) is 0 Å². The van der Waals surface area contributed by atoms with E-state index in [2.05, 4.69) is 137 Å². The van der Waals surface area contributed by atoms with E-state index in [9.17, 15) is 0 Å². The average molecular weight is 497 g/mol. The van der Waals surface area contributed by atoms with Crippen LogP contribution in [0, 0.1) is 6.57 Å². The van der Waals surface area contributed by atoms with Gasteiger partial charge in [-0.1, -0.05) is 103 Å². The summed E-state index contributed by atoms with van der Waals surface area (Å²) in [5, 5.41) is 2.42. The van der Waals surface area contributed by atoms with Crippen LogP contribution in [0.2, 0.25) is 0 Å². The molecule has 2 heteroatoms. The van der Waals surface area contributed by atoms with Gasteiger partial charge in [0.2, 0.25) is 0 Å². The lowest BCUT2D eigenvalue weighted by atomic mass is 9.96. The largest absolute Gasteiger partial charge is 0.310 e. The summed E-state index contributed by atoms with van der Waals surface area (Å²) in [7, 11) is 0. The first-order chi connectivity index (χ1) is 19.3. The van der Waals surface area contributed by atoms with Crippen molar-refractivity contribution in [2.75, 3.05) is 0 Å². The van der Waals surface area contributed by atoms with E-state index in [-0.39, 0.29) is 0 Å². The van der Waals surface area contributed by atoms with Gasteiger partial charge < -0.3 is 4.57 Å². The predicted molar refractivity (Wildman–Crippen MR) is 163 cm³/mol. The summed E-state index contributed by atoms with van der Waals surface area (Å²) in [5.74, 6) is 0. The lowest BCUT2D eigenvalue weighted by Gasteiger charge is -2.13. The minimum Gasteiger partial charge on any atom is -0.310 e. The number of hydrogen-bond donors (Lipinski definition) is 0. The standard InChI is InChI=1S/C37H24N2/c1-38-32-23-31(24-33(25-32)39-36-19-7-5-17-34(36)35-18-6-8-20-37(35)39)30-16-10-15-29(22-30)28-14-9-13-27(21-28)26-11-3-2-4-12-26/h2-25H. The zero-order valence-electron chi connectivity index (χ0n) is 21.3. The Balaban J connectivity index is 1.37. The van der Waals surface area contributed by atoms with Crippen molar-refractivity contribution < 1.29 is 0 Å². The van der Waals surface area contributed by atoms with Gasteiger partial charge >= 0.3 is 0 Å². The van der Waals surface area contributed by atoms with Crippen molar-refractivity contribution in [2.45, 2.75) is 0 Å². The van der Waals surface area contributed by atoms with Crippen molar-refractivity contribution in [3.63, 3.8) is 0 Å². The van der Waals surface area contributed by atoms with Crippen LogP contribution in [-0.4, -0.2) is 4.57 Å². The van der Waals surface area contributed by atoms with Crippen LogP contribution in [0.25, 0.3) is 65.7 Å². The number of hydrogen-bond acceptors (Lipinski definition) is 0. The molecule has 0 saturated heterocycles. The third-order valence-electron chi connectivity index (χ3n) is 7.37. The van der Waals surface area contributed by atoms with E-state index >= 15 is 0 Å². The molecule has 6 aromatic carbocycles. The van der Waals surface area contributed by atoms with Gasteiger partial charge in [0.25, 0.3) is 0 Å². The van der Waals surface area contributed by atoms with Crippen molar-refractivity contribution in [3.8, 4) is 39.1 Å². The van der Waals surface area contributed by atoms with Gasteiger partial charge in [-0.25, -0.2) is 4.85 Å². The van der Waals surface area contributed by atoms with Gasteiger partial charge in [-0.05, 0) is 75.8 Å². The van der Waals surface area contributed by atoms with Gasteiger partial charge in [0, 0.05) is 16.5 Å². The van der Waals surface area contributed by atoms with E-state index in [1.165, 1.54) is 27.5 Å². The zero-order chi connectivity index (χ0) is 26.2. The van der Waals surface area contributed by atoms with Crippen molar-refractivity contribution in [3.05, 3.63) is 157 Å². The second-order valence-corrected chi connectivity index (χ2v) is 9.75. The topological polar surface area (TPSA) is 9.29 Å². The van der Waals surface area contributed by atoms with E-state index in [1.54, 1.807) is 0 Å². The monoisotopic (exact) mass is 496 g/mol. The fourth-order valence-corrected chi connectivity index (χ4v) is 5.54. The fourth-order valence-electron chi connectivity index (χ4n) is 5.54. The molecular weight excluding hydrogens is 472 g/mol. The molecule has 1 aromatic heterocycles. The molecular formula is C37H24N2. The molecule has 2 nitrogen and oxygen atoms in total. The molecule has 0 bridgehead atoms. The molecule has 0 radical (unpaired) electrons. The molecule has 7 rings (SSSR count). The summed E-state index contributed by atoms with van der Waals surface area (Å²) in [6.07, 6.45) is 0. The molecule has 0 saturated carbocycles. The number of aromatic nitrogens is 1. The van der Waals surface area contributed by atoms with Gasteiger partial charge in [-0.2, -0.15) is 0 Å². The molecule has 0 aliphatic carbocycles. The van der Waals surface area contributed by atoms with Crippen molar-refractivity contribution in [2.24, 2.45) is 0 Å². The van der Waals surface area contributed by atoms with Gasteiger partial charge in [-0.15, -0.1) is 0 Å². The maximum atomic E-state index is 7.85. The molecule has 0 unspecified atom stereocenters. The highest BCUT2D eigenvalue weighted by Crippen LogP contribution is 2.36. The van der Waals surface area contributed by atoms with Crippen LogP contribution >= 0.6 is 0 Å². The molecule has 0 aliphatic rings. The Morgan fingerprint density at radius 3 is 1.49 bits per heavy atom. The Kier molecular flexibility index (Phi) is 5.54. The van der Waals surface area contributed by atoms with Gasteiger partial charge in [-0.3, -0.25) is 0 Å². The highest BCUT2D eigenvalue weighted by atomic mass is 15.0. The highest BCUT2D eigenvalue weighted by molar-refractivity contribution is 6.09. The van der Waals surface area contributed by atoms with Crippen LogP contribution in [0.15, 0.2) is 146 Å². The molecule has 0 atom stereocenters. The summed E-state index contributed by atoms with van der Waals surface area (Å²) in [5.41, 5.74) is 10.7. The highest BCUT2D eigenvalue weighted by Gasteiger charge is 2.13. The Morgan fingerprint density at radius 1 is 0.410 bits per heavy atom. The van der Waals surface area contributed by atoms with Crippen LogP contribution in [0.4, 0.5) is 5.69 Å². The van der Waals surface area contributed by atoms with E-state index in [0.29, 0.717) is 5.69 Å². The Labute approximate surface area is 227 Å². The Morgan fingerprint density at radius 2 is 0.897 bits per heavy atom. The lowest BCUT2D eigenvalue weighted by molar-refractivity contribution is 1.18. The normalized spacial score (nSPS) is 11.1. The van der Waals surface area contributed by atoms with Crippen LogP contribution in [0.5, 0.6) is 0 Å². The van der Waals surface area contributed by atoms with Gasteiger partial charge in [0.1, 0.15) is 0 Å². The molecule has 0 aliphatic heterocycles. The summed E-state index contributed by atoms with van der Waals surface area (Å²) in [6, 6.07) is 50.9. The Hall–Kier alpha value is -5.39. The lowest BCUT2D eigenvalue weighted by Crippen LogP contribution is -1.94. The van der Waals surface area contributed by atoms with Gasteiger partial charge in [0.05, 0.1) is 17.6 Å². The summed E-state index contributed by atoms with van der Waals surface area (Å²) in [6.45, 7) is 7.85. The minimum absolute atomic E-state index is 0.626. The molecule has 0 spiro atoms. The SMILES string of the molecule is [C-]#[N+]c1cc(-c2cccc(-c3cccc(-c4ccccc4)c3)c2)cc(-n2c3ccccc3c3ccccc32)c1. The predicted octanol–water partition coefficient (Wildman–Crippen LogP) is 10.3. The van der Waals surface area contributed by atoms with Crippen molar-refractivity contribution in [1.82, 2.24) is 4.57 Å². The quantitative estimate of drug-likeness (QED) is 0.214. The van der Waals surface area contributed by atoms with Crippen LogP contribution < -0.4 is 0 Å². The Bertz CT molecular complexity index is 1970. The molecule has 1 heterocycles. The van der Waals surface area contributed by atoms with Crippen LogP contribution in [-0.2, 0) is 0 Å². The third-order valence-corrected chi connectivity index (χ3v) is 7.37. The second-order valence-electron chi connectivity index (χ2n) is 9.75.